The second-order valence-electron chi connectivity index (χ2n) is 2.71. The van der Waals surface area contributed by atoms with Crippen molar-refractivity contribution in [2.45, 2.75) is 6.42 Å². The summed E-state index contributed by atoms with van der Waals surface area (Å²) in [4.78, 5) is 0. The van der Waals surface area contributed by atoms with Crippen molar-refractivity contribution in [3.05, 3.63) is 36.7 Å². The number of nitrogens with one attached hydrogen (secondary N) is 1. The molecule has 1 aromatic carbocycles. The molecule has 0 heterocycles. The molecule has 13 heavy (non-hydrogen) atoms. The van der Waals surface area contributed by atoms with Gasteiger partial charge >= 0.3 is 0 Å². The number of benzene rings is 1. The van der Waals surface area contributed by atoms with Crippen molar-refractivity contribution in [2.24, 2.45) is 0 Å². The highest BCUT2D eigenvalue weighted by atomic mass is 19.1. The van der Waals surface area contributed by atoms with Crippen LogP contribution in [0.1, 0.15) is 6.42 Å². The van der Waals surface area contributed by atoms with Crippen LogP contribution in [0.4, 0.5) is 15.8 Å². The largest absolute Gasteiger partial charge is 0.397 e. The first-order chi connectivity index (χ1) is 6.25. The van der Waals surface area contributed by atoms with Crippen LogP contribution in [0.15, 0.2) is 30.9 Å². The quantitative estimate of drug-likeness (QED) is 0.424. The van der Waals surface area contributed by atoms with Gasteiger partial charge < -0.3 is 11.1 Å². The van der Waals surface area contributed by atoms with E-state index in [0.29, 0.717) is 17.9 Å². The van der Waals surface area contributed by atoms with Gasteiger partial charge in [-0.15, -0.1) is 6.58 Å². The topological polar surface area (TPSA) is 38.0 Å². The molecule has 0 fully saturated rings. The Morgan fingerprint density at radius 3 is 2.92 bits per heavy atom. The highest BCUT2D eigenvalue weighted by Crippen LogP contribution is 2.21. The summed E-state index contributed by atoms with van der Waals surface area (Å²) in [5.41, 5.74) is 6.39. The minimum Gasteiger partial charge on any atom is -0.397 e. The average molecular weight is 180 g/mol. The molecule has 0 unspecified atom stereocenters. The van der Waals surface area contributed by atoms with E-state index in [-0.39, 0.29) is 5.82 Å². The van der Waals surface area contributed by atoms with Crippen molar-refractivity contribution in [2.75, 3.05) is 17.6 Å². The van der Waals surface area contributed by atoms with Gasteiger partial charge in [0, 0.05) is 6.54 Å². The molecule has 0 saturated carbocycles. The lowest BCUT2D eigenvalue weighted by atomic mass is 10.2. The first-order valence-corrected chi connectivity index (χ1v) is 4.14. The molecule has 0 spiro atoms. The third kappa shape index (κ3) is 2.47. The minimum absolute atomic E-state index is 0.316. The van der Waals surface area contributed by atoms with Crippen LogP contribution in [0.25, 0.3) is 0 Å². The molecule has 70 valence electrons. The minimum atomic E-state index is -0.316. The maximum Gasteiger partial charge on any atom is 0.148 e. The van der Waals surface area contributed by atoms with Crippen LogP contribution in [0.2, 0.25) is 0 Å². The summed E-state index contributed by atoms with van der Waals surface area (Å²) in [6.45, 7) is 4.22. The van der Waals surface area contributed by atoms with E-state index in [0.717, 1.165) is 6.42 Å². The second-order valence-corrected chi connectivity index (χ2v) is 2.71. The van der Waals surface area contributed by atoms with Crippen LogP contribution >= 0.6 is 0 Å². The molecule has 2 nitrogen and oxygen atoms in total. The molecule has 0 aliphatic heterocycles. The van der Waals surface area contributed by atoms with Crippen molar-refractivity contribution in [3.63, 3.8) is 0 Å². The third-order valence-electron chi connectivity index (χ3n) is 1.70. The zero-order valence-corrected chi connectivity index (χ0v) is 7.39. The Morgan fingerprint density at radius 2 is 2.31 bits per heavy atom. The van der Waals surface area contributed by atoms with E-state index in [1.807, 2.05) is 0 Å². The normalized spacial score (nSPS) is 9.62. The molecule has 3 heteroatoms. The number of para-hydroxylation sites is 1. The van der Waals surface area contributed by atoms with Crippen LogP contribution in [0.3, 0.4) is 0 Å². The summed E-state index contributed by atoms with van der Waals surface area (Å²) in [6.07, 6.45) is 2.55. The van der Waals surface area contributed by atoms with Gasteiger partial charge in [-0.1, -0.05) is 12.1 Å². The molecular weight excluding hydrogens is 167 g/mol. The van der Waals surface area contributed by atoms with Gasteiger partial charge in [-0.3, -0.25) is 0 Å². The van der Waals surface area contributed by atoms with E-state index in [2.05, 4.69) is 11.9 Å². The summed E-state index contributed by atoms with van der Waals surface area (Å²) < 4.78 is 13.1. The molecule has 1 aromatic rings. The Bertz CT molecular complexity index is 277. The van der Waals surface area contributed by atoms with E-state index in [4.69, 9.17) is 5.73 Å². The van der Waals surface area contributed by atoms with Crippen molar-refractivity contribution in [1.82, 2.24) is 0 Å². The zero-order chi connectivity index (χ0) is 9.68. The molecular formula is C10H13FN2. The predicted molar refractivity (Wildman–Crippen MR) is 54.1 cm³/mol. The molecule has 0 atom stereocenters. The third-order valence-corrected chi connectivity index (χ3v) is 1.70. The summed E-state index contributed by atoms with van der Waals surface area (Å²) >= 11 is 0. The summed E-state index contributed by atoms with van der Waals surface area (Å²) in [5, 5.41) is 2.91. The summed E-state index contributed by atoms with van der Waals surface area (Å²) in [7, 11) is 0. The van der Waals surface area contributed by atoms with Crippen LogP contribution in [-0.2, 0) is 0 Å². The highest BCUT2D eigenvalue weighted by Gasteiger charge is 2.03. The van der Waals surface area contributed by atoms with E-state index in [1.54, 1.807) is 18.2 Å². The number of hydrogen-bond donors (Lipinski definition) is 2. The van der Waals surface area contributed by atoms with Crippen LogP contribution in [0.5, 0.6) is 0 Å². The molecule has 0 radical (unpaired) electrons. The van der Waals surface area contributed by atoms with E-state index < -0.39 is 0 Å². The number of rotatable bonds is 4. The monoisotopic (exact) mass is 180 g/mol. The summed E-state index contributed by atoms with van der Waals surface area (Å²) in [5.74, 6) is -0.316. The Kier molecular flexibility index (Phi) is 3.31. The number of hydrogen-bond acceptors (Lipinski definition) is 2. The Balaban J connectivity index is 2.69. The molecule has 0 amide bonds. The number of nitrogen functional groups attached to an aromatic ring is 1. The van der Waals surface area contributed by atoms with Crippen LogP contribution in [-0.4, -0.2) is 6.54 Å². The number of halogens is 1. The van der Waals surface area contributed by atoms with Gasteiger partial charge in [-0.2, -0.15) is 0 Å². The van der Waals surface area contributed by atoms with Gasteiger partial charge in [-0.25, -0.2) is 4.39 Å². The van der Waals surface area contributed by atoms with Gasteiger partial charge in [0.25, 0.3) is 0 Å². The molecule has 1 rings (SSSR count). The van der Waals surface area contributed by atoms with E-state index >= 15 is 0 Å². The lowest BCUT2D eigenvalue weighted by Crippen LogP contribution is -2.05. The Morgan fingerprint density at radius 1 is 1.54 bits per heavy atom. The molecule has 0 aromatic heterocycles. The van der Waals surface area contributed by atoms with Crippen LogP contribution < -0.4 is 11.1 Å². The lowest BCUT2D eigenvalue weighted by Gasteiger charge is -2.08. The van der Waals surface area contributed by atoms with Gasteiger partial charge in [0.05, 0.1) is 11.4 Å². The maximum atomic E-state index is 13.1. The van der Waals surface area contributed by atoms with Crippen molar-refractivity contribution < 1.29 is 4.39 Å². The Hall–Kier alpha value is -1.51. The molecule has 3 N–H and O–H groups in total. The van der Waals surface area contributed by atoms with Gasteiger partial charge in [-0.05, 0) is 18.6 Å². The summed E-state index contributed by atoms with van der Waals surface area (Å²) in [6, 6.07) is 4.63. The molecule has 0 saturated heterocycles. The first-order valence-electron chi connectivity index (χ1n) is 4.14. The van der Waals surface area contributed by atoms with Crippen molar-refractivity contribution in [1.29, 1.82) is 0 Å². The molecule has 0 aliphatic rings. The molecule has 0 aliphatic carbocycles. The first kappa shape index (κ1) is 9.58. The smallest absolute Gasteiger partial charge is 0.148 e. The average Bonchev–Trinajstić information content (AvgIpc) is 2.10. The highest BCUT2D eigenvalue weighted by molar-refractivity contribution is 5.66. The van der Waals surface area contributed by atoms with Crippen molar-refractivity contribution in [3.8, 4) is 0 Å². The fraction of sp³-hybridized carbons (Fsp3) is 0.200. The van der Waals surface area contributed by atoms with Gasteiger partial charge in [0.1, 0.15) is 5.82 Å². The number of nitrogens with two attached hydrogens (primary N) is 1. The molecule has 0 bridgehead atoms. The zero-order valence-electron chi connectivity index (χ0n) is 7.39. The van der Waals surface area contributed by atoms with Crippen LogP contribution in [0, 0.1) is 5.82 Å². The fourth-order valence-corrected chi connectivity index (χ4v) is 1.03. The van der Waals surface area contributed by atoms with Gasteiger partial charge in [0.2, 0.25) is 0 Å². The maximum absolute atomic E-state index is 13.1. The standard InChI is InChI=1S/C10H13FN2/c1-2-3-7-13-10-8(11)5-4-6-9(10)12/h2,4-6,13H,1,3,7,12H2. The fourth-order valence-electron chi connectivity index (χ4n) is 1.03. The van der Waals surface area contributed by atoms with Crippen molar-refractivity contribution >= 4 is 11.4 Å². The predicted octanol–water partition coefficient (Wildman–Crippen LogP) is 2.40. The Labute approximate surface area is 77.3 Å². The number of anilines is 2. The van der Waals surface area contributed by atoms with Gasteiger partial charge in [0.15, 0.2) is 0 Å². The van der Waals surface area contributed by atoms with E-state index in [1.165, 1.54) is 6.07 Å². The second kappa shape index (κ2) is 4.50. The lowest BCUT2D eigenvalue weighted by molar-refractivity contribution is 0.631. The SMILES string of the molecule is C=CCCNc1c(N)cccc1F. The van der Waals surface area contributed by atoms with E-state index in [9.17, 15) is 4.39 Å².